The highest BCUT2D eigenvalue weighted by molar-refractivity contribution is 5.83. The molecule has 1 aliphatic heterocycles. The molecule has 0 unspecified atom stereocenters. The van der Waals surface area contributed by atoms with E-state index in [0.29, 0.717) is 12.6 Å². The highest BCUT2D eigenvalue weighted by Gasteiger charge is 2.17. The van der Waals surface area contributed by atoms with Crippen LogP contribution in [-0.4, -0.2) is 31.6 Å². The van der Waals surface area contributed by atoms with Gasteiger partial charge in [-0.3, -0.25) is 4.79 Å². The second kappa shape index (κ2) is 8.95. The normalized spacial score (nSPS) is 19.6. The number of benzene rings is 1. The van der Waals surface area contributed by atoms with E-state index in [4.69, 9.17) is 0 Å². The molecule has 132 valence electrons. The van der Waals surface area contributed by atoms with Gasteiger partial charge in [0.05, 0.1) is 17.9 Å². The van der Waals surface area contributed by atoms with Gasteiger partial charge >= 0.3 is 0 Å². The molecule has 0 aromatic heterocycles. The number of para-hydroxylation sites is 2. The van der Waals surface area contributed by atoms with Crippen LogP contribution in [0.15, 0.2) is 24.3 Å². The van der Waals surface area contributed by atoms with Crippen molar-refractivity contribution >= 4 is 17.3 Å². The fourth-order valence-corrected chi connectivity index (χ4v) is 3.91. The Labute approximate surface area is 146 Å². The highest BCUT2D eigenvalue weighted by atomic mass is 16.1. The number of nitrogens with zero attached hydrogens (tertiary/aromatic N) is 1. The molecule has 3 rings (SSSR count). The van der Waals surface area contributed by atoms with Crippen molar-refractivity contribution < 1.29 is 4.79 Å². The molecule has 0 bridgehead atoms. The number of rotatable bonds is 5. The summed E-state index contributed by atoms with van der Waals surface area (Å²) in [6, 6.07) is 8.78. The molecule has 1 aromatic carbocycles. The van der Waals surface area contributed by atoms with Crippen LogP contribution in [-0.2, 0) is 4.79 Å². The second-order valence-electron chi connectivity index (χ2n) is 7.17. The third-order valence-electron chi connectivity index (χ3n) is 5.26. The number of carbonyl (C=O) groups is 1. The molecular weight excluding hydrogens is 298 g/mol. The predicted octanol–water partition coefficient (Wildman–Crippen LogP) is 3.93. The first-order chi connectivity index (χ1) is 11.8. The summed E-state index contributed by atoms with van der Waals surface area (Å²) >= 11 is 0. The maximum atomic E-state index is 12.2. The van der Waals surface area contributed by atoms with E-state index in [1.54, 1.807) is 0 Å². The van der Waals surface area contributed by atoms with E-state index >= 15 is 0 Å². The Bertz CT molecular complexity index is 517. The van der Waals surface area contributed by atoms with Crippen molar-refractivity contribution in [3.8, 4) is 0 Å². The van der Waals surface area contributed by atoms with Gasteiger partial charge in [-0.15, -0.1) is 0 Å². The van der Waals surface area contributed by atoms with Crippen LogP contribution in [0.5, 0.6) is 0 Å². The summed E-state index contributed by atoms with van der Waals surface area (Å²) in [7, 11) is 0. The van der Waals surface area contributed by atoms with Gasteiger partial charge in [-0.2, -0.15) is 0 Å². The molecule has 2 aliphatic rings. The molecule has 1 saturated heterocycles. The van der Waals surface area contributed by atoms with Crippen LogP contribution in [0, 0.1) is 0 Å². The number of amides is 1. The molecule has 1 aromatic rings. The summed E-state index contributed by atoms with van der Waals surface area (Å²) in [6.07, 6.45) is 11.3. The van der Waals surface area contributed by atoms with Gasteiger partial charge in [0.25, 0.3) is 0 Å². The smallest absolute Gasteiger partial charge is 0.239 e. The van der Waals surface area contributed by atoms with Crippen molar-refractivity contribution in [2.75, 3.05) is 29.9 Å². The molecule has 0 radical (unpaired) electrons. The Hall–Kier alpha value is -1.71. The fourth-order valence-electron chi connectivity index (χ4n) is 3.91. The molecule has 0 atom stereocenters. The first kappa shape index (κ1) is 17.1. The van der Waals surface area contributed by atoms with E-state index in [-0.39, 0.29) is 5.91 Å². The summed E-state index contributed by atoms with van der Waals surface area (Å²) in [5, 5.41) is 6.55. The summed E-state index contributed by atoms with van der Waals surface area (Å²) in [4.78, 5) is 14.7. The maximum Gasteiger partial charge on any atom is 0.239 e. The van der Waals surface area contributed by atoms with Crippen LogP contribution in [0.25, 0.3) is 0 Å². The predicted molar refractivity (Wildman–Crippen MR) is 101 cm³/mol. The molecular formula is C20H31N3O. The van der Waals surface area contributed by atoms with Crippen molar-refractivity contribution in [3.63, 3.8) is 0 Å². The number of hydrogen-bond acceptors (Lipinski definition) is 3. The fraction of sp³-hybridized carbons (Fsp3) is 0.650. The minimum absolute atomic E-state index is 0.118. The van der Waals surface area contributed by atoms with Gasteiger partial charge in [-0.05, 0) is 37.8 Å². The van der Waals surface area contributed by atoms with E-state index in [2.05, 4.69) is 33.7 Å². The van der Waals surface area contributed by atoms with Crippen LogP contribution in [0.3, 0.4) is 0 Å². The molecule has 0 spiro atoms. The second-order valence-corrected chi connectivity index (χ2v) is 7.17. The Balaban J connectivity index is 1.55. The highest BCUT2D eigenvalue weighted by Crippen LogP contribution is 2.27. The molecule has 1 heterocycles. The summed E-state index contributed by atoms with van der Waals surface area (Å²) in [5.74, 6) is 0.118. The van der Waals surface area contributed by atoms with Gasteiger partial charge < -0.3 is 15.5 Å². The van der Waals surface area contributed by atoms with Crippen LogP contribution in [0.2, 0.25) is 0 Å². The molecule has 4 nitrogen and oxygen atoms in total. The van der Waals surface area contributed by atoms with E-state index in [9.17, 15) is 4.79 Å². The maximum absolute atomic E-state index is 12.2. The Morgan fingerprint density at radius 1 is 0.958 bits per heavy atom. The van der Waals surface area contributed by atoms with Crippen LogP contribution >= 0.6 is 0 Å². The average Bonchev–Trinajstić information content (AvgIpc) is 2.90. The lowest BCUT2D eigenvalue weighted by atomic mass is 9.95. The van der Waals surface area contributed by atoms with E-state index in [1.165, 1.54) is 50.6 Å². The Morgan fingerprint density at radius 3 is 2.38 bits per heavy atom. The Kier molecular flexibility index (Phi) is 6.39. The van der Waals surface area contributed by atoms with Gasteiger partial charge in [0, 0.05) is 19.1 Å². The lowest BCUT2D eigenvalue weighted by Gasteiger charge is -2.26. The summed E-state index contributed by atoms with van der Waals surface area (Å²) in [6.45, 7) is 2.60. The van der Waals surface area contributed by atoms with Crippen LogP contribution in [0.4, 0.5) is 11.4 Å². The summed E-state index contributed by atoms with van der Waals surface area (Å²) in [5.41, 5.74) is 2.32. The van der Waals surface area contributed by atoms with Crippen molar-refractivity contribution in [2.24, 2.45) is 0 Å². The molecule has 4 heteroatoms. The zero-order chi connectivity index (χ0) is 16.6. The zero-order valence-corrected chi connectivity index (χ0v) is 14.7. The number of anilines is 2. The Morgan fingerprint density at radius 2 is 1.62 bits per heavy atom. The largest absolute Gasteiger partial charge is 0.374 e. The van der Waals surface area contributed by atoms with Gasteiger partial charge in [0.15, 0.2) is 0 Å². The van der Waals surface area contributed by atoms with E-state index in [1.807, 2.05) is 6.07 Å². The first-order valence-corrected chi connectivity index (χ1v) is 9.70. The molecule has 24 heavy (non-hydrogen) atoms. The zero-order valence-electron chi connectivity index (χ0n) is 14.7. The minimum atomic E-state index is 0.118. The monoisotopic (exact) mass is 329 g/mol. The van der Waals surface area contributed by atoms with Gasteiger partial charge in [0.2, 0.25) is 5.91 Å². The number of carbonyl (C=O) groups excluding carboxylic acids is 1. The van der Waals surface area contributed by atoms with E-state index in [0.717, 1.165) is 31.6 Å². The van der Waals surface area contributed by atoms with Gasteiger partial charge in [-0.25, -0.2) is 0 Å². The molecule has 1 amide bonds. The number of nitrogens with one attached hydrogen (secondary N) is 2. The quantitative estimate of drug-likeness (QED) is 0.860. The first-order valence-electron chi connectivity index (χ1n) is 9.70. The van der Waals surface area contributed by atoms with Crippen LogP contribution < -0.4 is 15.5 Å². The molecule has 1 aliphatic carbocycles. The average molecular weight is 329 g/mol. The molecule has 1 saturated carbocycles. The van der Waals surface area contributed by atoms with Gasteiger partial charge in [0.1, 0.15) is 0 Å². The third kappa shape index (κ3) is 4.89. The van der Waals surface area contributed by atoms with Crippen molar-refractivity contribution in [1.82, 2.24) is 5.32 Å². The van der Waals surface area contributed by atoms with Crippen molar-refractivity contribution in [1.29, 1.82) is 0 Å². The molecule has 2 fully saturated rings. The lowest BCUT2D eigenvalue weighted by Crippen LogP contribution is -2.39. The standard InChI is InChI=1S/C20H31N3O/c24-20(22-17-10-4-3-5-11-17)16-21-18-12-6-7-13-19(18)23-14-8-1-2-9-15-23/h6-7,12-13,17,21H,1-5,8-11,14-16H2,(H,22,24). The third-order valence-corrected chi connectivity index (χ3v) is 5.26. The topological polar surface area (TPSA) is 44.4 Å². The van der Waals surface area contributed by atoms with Crippen LogP contribution in [0.1, 0.15) is 57.8 Å². The van der Waals surface area contributed by atoms with Gasteiger partial charge in [-0.1, -0.05) is 44.2 Å². The molecule has 2 N–H and O–H groups in total. The SMILES string of the molecule is O=C(CNc1ccccc1N1CCCCCC1)NC1CCCCC1. The minimum Gasteiger partial charge on any atom is -0.374 e. The summed E-state index contributed by atoms with van der Waals surface area (Å²) < 4.78 is 0. The number of hydrogen-bond donors (Lipinski definition) is 2. The van der Waals surface area contributed by atoms with Crippen molar-refractivity contribution in [3.05, 3.63) is 24.3 Å². The lowest BCUT2D eigenvalue weighted by molar-refractivity contribution is -0.120. The van der Waals surface area contributed by atoms with Crippen molar-refractivity contribution in [2.45, 2.75) is 63.8 Å². The van der Waals surface area contributed by atoms with E-state index < -0.39 is 0 Å².